The van der Waals surface area contributed by atoms with Gasteiger partial charge in [0.25, 0.3) is 0 Å². The van der Waals surface area contributed by atoms with E-state index in [1.165, 1.54) is 10.7 Å². The minimum atomic E-state index is -1.02. The lowest BCUT2D eigenvalue weighted by Gasteiger charge is -2.11. The predicted octanol–water partition coefficient (Wildman–Crippen LogP) is 1.80. The van der Waals surface area contributed by atoms with E-state index in [1.807, 2.05) is 13.0 Å². The fourth-order valence-corrected chi connectivity index (χ4v) is 1.67. The number of anilines is 1. The number of carboxylic acid groups (broad SMARTS) is 1. The number of nitrogens with zero attached hydrogens (tertiary/aromatic N) is 3. The average Bonchev–Trinajstić information content (AvgIpc) is 2.69. The molecular weight excluding hydrogens is 232 g/mol. The summed E-state index contributed by atoms with van der Waals surface area (Å²) in [6.45, 7) is 6.83. The van der Waals surface area contributed by atoms with E-state index in [-0.39, 0.29) is 5.56 Å². The topological polar surface area (TPSA) is 79.5 Å². The van der Waals surface area contributed by atoms with Crippen molar-refractivity contribution in [1.29, 1.82) is 0 Å². The molecule has 0 aliphatic carbocycles. The van der Waals surface area contributed by atoms with Gasteiger partial charge in [-0.25, -0.2) is 9.78 Å². The standard InChI is InChI=1S/C12H16N4O2/c1-7(2)5-13-10-4-8(3)15-11-9(12(17)18)6-14-16(10)11/h4,6-7,13H,5H2,1-3H3,(H,17,18). The summed E-state index contributed by atoms with van der Waals surface area (Å²) in [5.74, 6) is 0.236. The number of carboxylic acids is 1. The van der Waals surface area contributed by atoms with Crippen LogP contribution in [0.1, 0.15) is 29.9 Å². The number of aromatic carboxylic acids is 1. The third kappa shape index (κ3) is 2.27. The van der Waals surface area contributed by atoms with Crippen LogP contribution in [-0.2, 0) is 0 Å². The maximum Gasteiger partial charge on any atom is 0.341 e. The van der Waals surface area contributed by atoms with Gasteiger partial charge in [0.15, 0.2) is 5.65 Å². The predicted molar refractivity (Wildman–Crippen MR) is 68.0 cm³/mol. The highest BCUT2D eigenvalue weighted by Gasteiger charge is 2.15. The van der Waals surface area contributed by atoms with Crippen LogP contribution in [0.3, 0.4) is 0 Å². The zero-order valence-corrected chi connectivity index (χ0v) is 10.6. The van der Waals surface area contributed by atoms with E-state index in [0.717, 1.165) is 18.1 Å². The Kier molecular flexibility index (Phi) is 3.18. The smallest absolute Gasteiger partial charge is 0.341 e. The number of hydrogen-bond acceptors (Lipinski definition) is 4. The summed E-state index contributed by atoms with van der Waals surface area (Å²) >= 11 is 0. The molecule has 2 aromatic heterocycles. The van der Waals surface area contributed by atoms with Crippen molar-refractivity contribution in [2.75, 3.05) is 11.9 Å². The molecular formula is C12H16N4O2. The average molecular weight is 248 g/mol. The van der Waals surface area contributed by atoms with E-state index >= 15 is 0 Å². The largest absolute Gasteiger partial charge is 0.477 e. The highest BCUT2D eigenvalue weighted by molar-refractivity contribution is 5.94. The number of carbonyl (C=O) groups is 1. The number of fused-ring (bicyclic) bond motifs is 1. The maximum absolute atomic E-state index is 11.1. The zero-order chi connectivity index (χ0) is 13.3. The van der Waals surface area contributed by atoms with Gasteiger partial charge in [-0.15, -0.1) is 0 Å². The third-order valence-corrected chi connectivity index (χ3v) is 2.52. The van der Waals surface area contributed by atoms with Gasteiger partial charge in [0, 0.05) is 18.3 Å². The monoisotopic (exact) mass is 248 g/mol. The van der Waals surface area contributed by atoms with Crippen molar-refractivity contribution in [2.45, 2.75) is 20.8 Å². The summed E-state index contributed by atoms with van der Waals surface area (Å²) in [6, 6.07) is 1.86. The van der Waals surface area contributed by atoms with Crippen LogP contribution < -0.4 is 5.32 Å². The Hall–Kier alpha value is -2.11. The molecule has 2 heterocycles. The highest BCUT2D eigenvalue weighted by Crippen LogP contribution is 2.16. The van der Waals surface area contributed by atoms with E-state index < -0.39 is 5.97 Å². The first-order valence-corrected chi connectivity index (χ1v) is 5.81. The van der Waals surface area contributed by atoms with Crippen LogP contribution in [0.4, 0.5) is 5.82 Å². The zero-order valence-electron chi connectivity index (χ0n) is 10.6. The second-order valence-corrected chi connectivity index (χ2v) is 4.66. The van der Waals surface area contributed by atoms with Gasteiger partial charge in [-0.1, -0.05) is 13.8 Å². The second kappa shape index (κ2) is 4.64. The molecule has 0 fully saturated rings. The number of hydrogen-bond donors (Lipinski definition) is 2. The Morgan fingerprint density at radius 1 is 1.56 bits per heavy atom. The number of aryl methyl sites for hydroxylation is 1. The van der Waals surface area contributed by atoms with Gasteiger partial charge in [-0.3, -0.25) is 0 Å². The van der Waals surface area contributed by atoms with Crippen LogP contribution in [0.25, 0.3) is 5.65 Å². The molecule has 0 radical (unpaired) electrons. The normalized spacial score (nSPS) is 11.1. The van der Waals surface area contributed by atoms with Gasteiger partial charge < -0.3 is 10.4 Å². The Balaban J connectivity index is 2.50. The van der Waals surface area contributed by atoms with Crippen molar-refractivity contribution in [3.8, 4) is 0 Å². The van der Waals surface area contributed by atoms with Gasteiger partial charge in [0.2, 0.25) is 0 Å². The molecule has 0 saturated carbocycles. The van der Waals surface area contributed by atoms with E-state index in [0.29, 0.717) is 11.6 Å². The fraction of sp³-hybridized carbons (Fsp3) is 0.417. The molecule has 2 N–H and O–H groups in total. The van der Waals surface area contributed by atoms with Crippen molar-refractivity contribution in [3.05, 3.63) is 23.5 Å². The van der Waals surface area contributed by atoms with Crippen molar-refractivity contribution < 1.29 is 9.90 Å². The molecule has 0 saturated heterocycles. The van der Waals surface area contributed by atoms with Crippen LogP contribution in [0.2, 0.25) is 0 Å². The van der Waals surface area contributed by atoms with Crippen LogP contribution in [-0.4, -0.2) is 32.2 Å². The first-order chi connectivity index (χ1) is 8.49. The molecule has 96 valence electrons. The van der Waals surface area contributed by atoms with Crippen LogP contribution >= 0.6 is 0 Å². The van der Waals surface area contributed by atoms with Gasteiger partial charge in [-0.2, -0.15) is 9.61 Å². The van der Waals surface area contributed by atoms with Gasteiger partial charge in [0.05, 0.1) is 6.20 Å². The van der Waals surface area contributed by atoms with E-state index in [4.69, 9.17) is 5.11 Å². The molecule has 6 nitrogen and oxygen atoms in total. The second-order valence-electron chi connectivity index (χ2n) is 4.66. The van der Waals surface area contributed by atoms with Gasteiger partial charge in [-0.05, 0) is 12.8 Å². The lowest BCUT2D eigenvalue weighted by atomic mass is 10.2. The Bertz CT molecular complexity index is 589. The van der Waals surface area contributed by atoms with Crippen molar-refractivity contribution in [3.63, 3.8) is 0 Å². The minimum absolute atomic E-state index is 0.117. The van der Waals surface area contributed by atoms with E-state index in [1.54, 1.807) is 0 Å². The van der Waals surface area contributed by atoms with Gasteiger partial charge >= 0.3 is 5.97 Å². The first-order valence-electron chi connectivity index (χ1n) is 5.81. The molecule has 2 aromatic rings. The van der Waals surface area contributed by atoms with Crippen LogP contribution in [0.15, 0.2) is 12.3 Å². The van der Waals surface area contributed by atoms with E-state index in [2.05, 4.69) is 29.2 Å². The molecule has 0 atom stereocenters. The molecule has 18 heavy (non-hydrogen) atoms. The van der Waals surface area contributed by atoms with Gasteiger partial charge in [0.1, 0.15) is 11.4 Å². The summed E-state index contributed by atoms with van der Waals surface area (Å²) in [5.41, 5.74) is 1.25. The van der Waals surface area contributed by atoms with Crippen molar-refractivity contribution >= 4 is 17.4 Å². The molecule has 0 amide bonds. The first kappa shape index (κ1) is 12.3. The summed E-state index contributed by atoms with van der Waals surface area (Å²) in [5, 5.41) is 16.4. The molecule has 0 aliphatic rings. The molecule has 0 aromatic carbocycles. The number of nitrogens with one attached hydrogen (secondary N) is 1. The Morgan fingerprint density at radius 3 is 2.89 bits per heavy atom. The number of aromatic nitrogens is 3. The molecule has 0 bridgehead atoms. The van der Waals surface area contributed by atoms with Crippen molar-refractivity contribution in [1.82, 2.24) is 14.6 Å². The summed E-state index contributed by atoms with van der Waals surface area (Å²) in [4.78, 5) is 15.3. The SMILES string of the molecule is Cc1cc(NCC(C)C)n2ncc(C(=O)O)c2n1. The molecule has 2 rings (SSSR count). The minimum Gasteiger partial charge on any atom is -0.477 e. The van der Waals surface area contributed by atoms with E-state index in [9.17, 15) is 4.79 Å². The summed E-state index contributed by atoms with van der Waals surface area (Å²) in [6.07, 6.45) is 1.32. The van der Waals surface area contributed by atoms with Crippen molar-refractivity contribution in [2.24, 2.45) is 5.92 Å². The lowest BCUT2D eigenvalue weighted by Crippen LogP contribution is -2.12. The third-order valence-electron chi connectivity index (χ3n) is 2.52. The highest BCUT2D eigenvalue weighted by atomic mass is 16.4. The Morgan fingerprint density at radius 2 is 2.28 bits per heavy atom. The summed E-state index contributed by atoms with van der Waals surface area (Å²) in [7, 11) is 0. The molecule has 6 heteroatoms. The fourth-order valence-electron chi connectivity index (χ4n) is 1.67. The Labute approximate surface area is 105 Å². The van der Waals surface area contributed by atoms with Crippen LogP contribution in [0.5, 0.6) is 0 Å². The molecule has 0 spiro atoms. The lowest BCUT2D eigenvalue weighted by molar-refractivity contribution is 0.0699. The summed E-state index contributed by atoms with van der Waals surface area (Å²) < 4.78 is 1.53. The maximum atomic E-state index is 11.1. The molecule has 0 aliphatic heterocycles. The molecule has 0 unspecified atom stereocenters. The van der Waals surface area contributed by atoms with Crippen LogP contribution in [0, 0.1) is 12.8 Å². The quantitative estimate of drug-likeness (QED) is 0.862. The number of rotatable bonds is 4.